The zero-order valence-corrected chi connectivity index (χ0v) is 13.8. The number of benzene rings is 2. The Bertz CT molecular complexity index is 750. The number of hydrogen-bond acceptors (Lipinski definition) is 0. The van der Waals surface area contributed by atoms with Crippen LogP contribution in [-0.2, 0) is 6.54 Å². The average Bonchev–Trinajstić information content (AvgIpc) is 2.81. The second-order valence-electron chi connectivity index (χ2n) is 6.92. The predicted octanol–water partition coefficient (Wildman–Crippen LogP) is 4.45. The smallest absolute Gasteiger partial charge is 0.0967 e. The molecule has 0 unspecified atom stereocenters. The molecular formula is C20H25N2+. The second kappa shape index (κ2) is 5.98. The summed E-state index contributed by atoms with van der Waals surface area (Å²) in [6, 6.07) is 17.4. The van der Waals surface area contributed by atoms with Crippen molar-refractivity contribution in [2.75, 3.05) is 27.7 Å². The summed E-state index contributed by atoms with van der Waals surface area (Å²) in [4.78, 5) is 0. The maximum absolute atomic E-state index is 2.45. The quantitative estimate of drug-likeness (QED) is 0.484. The maximum atomic E-state index is 2.45. The third-order valence-corrected chi connectivity index (χ3v) is 4.02. The summed E-state index contributed by atoms with van der Waals surface area (Å²) in [5.41, 5.74) is 2.67. The van der Waals surface area contributed by atoms with Crippen molar-refractivity contribution in [3.8, 4) is 0 Å². The van der Waals surface area contributed by atoms with Gasteiger partial charge in [-0.15, -0.1) is 0 Å². The molecule has 0 fully saturated rings. The summed E-state index contributed by atoms with van der Waals surface area (Å²) < 4.78 is 3.42. The van der Waals surface area contributed by atoms with E-state index >= 15 is 0 Å². The highest BCUT2D eigenvalue weighted by Gasteiger charge is 2.08. The summed E-state index contributed by atoms with van der Waals surface area (Å²) in [6.07, 6.45) is 5.68. The molecular weight excluding hydrogens is 268 g/mol. The molecule has 0 aliphatic carbocycles. The number of hydrogen-bond donors (Lipinski definition) is 0. The van der Waals surface area contributed by atoms with Crippen molar-refractivity contribution in [1.29, 1.82) is 0 Å². The second-order valence-corrected chi connectivity index (χ2v) is 6.92. The van der Waals surface area contributed by atoms with Crippen LogP contribution in [0.15, 0.2) is 60.7 Å². The van der Waals surface area contributed by atoms with E-state index in [4.69, 9.17) is 0 Å². The molecule has 22 heavy (non-hydrogen) atoms. The molecule has 0 spiro atoms. The van der Waals surface area contributed by atoms with Crippen LogP contribution >= 0.6 is 0 Å². The molecule has 0 N–H and O–H groups in total. The van der Waals surface area contributed by atoms with E-state index in [1.807, 2.05) is 0 Å². The Morgan fingerprint density at radius 3 is 1.91 bits per heavy atom. The van der Waals surface area contributed by atoms with Crippen molar-refractivity contribution in [3.63, 3.8) is 0 Å². The number of para-hydroxylation sites is 2. The number of aryl methyl sites for hydroxylation is 1. The molecule has 0 radical (unpaired) electrons. The highest BCUT2D eigenvalue weighted by Crippen LogP contribution is 2.28. The van der Waals surface area contributed by atoms with Gasteiger partial charge in [0.2, 0.25) is 0 Å². The Morgan fingerprint density at radius 1 is 0.818 bits per heavy atom. The van der Waals surface area contributed by atoms with E-state index in [-0.39, 0.29) is 0 Å². The molecule has 0 amide bonds. The van der Waals surface area contributed by atoms with E-state index in [9.17, 15) is 0 Å². The Balaban J connectivity index is 1.86. The first-order valence-electron chi connectivity index (χ1n) is 7.98. The van der Waals surface area contributed by atoms with Gasteiger partial charge in [0, 0.05) is 28.4 Å². The lowest BCUT2D eigenvalue weighted by molar-refractivity contribution is -0.864. The van der Waals surface area contributed by atoms with Crippen molar-refractivity contribution in [2.24, 2.45) is 0 Å². The molecule has 0 saturated carbocycles. The van der Waals surface area contributed by atoms with Crippen LogP contribution in [0.1, 0.15) is 6.42 Å². The average molecular weight is 293 g/mol. The lowest BCUT2D eigenvalue weighted by atomic mass is 10.2. The van der Waals surface area contributed by atoms with E-state index in [0.717, 1.165) is 24.0 Å². The monoisotopic (exact) mass is 293 g/mol. The van der Waals surface area contributed by atoms with Crippen molar-refractivity contribution in [2.45, 2.75) is 13.0 Å². The van der Waals surface area contributed by atoms with E-state index in [2.05, 4.69) is 86.4 Å². The van der Waals surface area contributed by atoms with Gasteiger partial charge in [-0.3, -0.25) is 0 Å². The van der Waals surface area contributed by atoms with Gasteiger partial charge in [0.25, 0.3) is 0 Å². The number of rotatable bonds is 5. The summed E-state index contributed by atoms with van der Waals surface area (Å²) in [7, 11) is 6.66. The maximum Gasteiger partial charge on any atom is 0.0967 e. The lowest BCUT2D eigenvalue weighted by Gasteiger charge is -2.21. The predicted molar refractivity (Wildman–Crippen MR) is 96.1 cm³/mol. The molecule has 0 atom stereocenters. The van der Waals surface area contributed by atoms with Crippen LogP contribution in [0.5, 0.6) is 0 Å². The van der Waals surface area contributed by atoms with E-state index < -0.39 is 0 Å². The third kappa shape index (κ3) is 3.07. The molecule has 3 aromatic rings. The molecule has 1 aromatic heterocycles. The number of allylic oxidation sites excluding steroid dienone is 1. The largest absolute Gasteiger partial charge is 0.340 e. The van der Waals surface area contributed by atoms with Crippen molar-refractivity contribution in [1.82, 2.24) is 4.57 Å². The number of aromatic nitrogens is 1. The minimum atomic E-state index is 0.978. The fraction of sp³-hybridized carbons (Fsp3) is 0.300. The Hall–Kier alpha value is -2.06. The first kappa shape index (κ1) is 14.9. The van der Waals surface area contributed by atoms with Gasteiger partial charge in [-0.05, 0) is 24.6 Å². The summed E-state index contributed by atoms with van der Waals surface area (Å²) in [5, 5.41) is 2.71. The van der Waals surface area contributed by atoms with E-state index in [1.165, 1.54) is 21.8 Å². The Morgan fingerprint density at radius 2 is 1.36 bits per heavy atom. The van der Waals surface area contributed by atoms with E-state index in [1.54, 1.807) is 0 Å². The number of nitrogens with zero attached hydrogens (tertiary/aromatic N) is 2. The van der Waals surface area contributed by atoms with Gasteiger partial charge in [0.1, 0.15) is 0 Å². The first-order chi connectivity index (χ1) is 10.6. The van der Waals surface area contributed by atoms with Crippen LogP contribution in [0.4, 0.5) is 0 Å². The molecule has 0 aliphatic heterocycles. The first-order valence-corrected chi connectivity index (χ1v) is 7.98. The number of fused-ring (bicyclic) bond motifs is 3. The molecule has 2 nitrogen and oxygen atoms in total. The van der Waals surface area contributed by atoms with Gasteiger partial charge >= 0.3 is 0 Å². The third-order valence-electron chi connectivity index (χ3n) is 4.02. The molecule has 114 valence electrons. The van der Waals surface area contributed by atoms with Crippen molar-refractivity contribution >= 4 is 21.8 Å². The highest BCUT2D eigenvalue weighted by atomic mass is 15.3. The zero-order chi connectivity index (χ0) is 15.6. The number of quaternary nitrogens is 1. The van der Waals surface area contributed by atoms with Crippen molar-refractivity contribution in [3.05, 3.63) is 60.7 Å². The molecule has 1 heterocycles. The Labute approximate surface area is 132 Å². The molecule has 2 heteroatoms. The minimum absolute atomic E-state index is 0.978. The van der Waals surface area contributed by atoms with Gasteiger partial charge < -0.3 is 9.05 Å². The normalized spacial score (nSPS) is 12.7. The summed E-state index contributed by atoms with van der Waals surface area (Å²) >= 11 is 0. The zero-order valence-electron chi connectivity index (χ0n) is 13.8. The standard InChI is InChI=1S/C20H25N2/c1-22(2,3)16-10-4-9-15-21-19-13-7-5-11-17(19)18-12-6-8-14-20(18)21/h4-8,10-14H,9,15-16H2,1-3H3/q+1/b10-4+. The minimum Gasteiger partial charge on any atom is -0.340 e. The summed E-state index contributed by atoms with van der Waals surface area (Å²) in [5.74, 6) is 0. The molecule has 0 aliphatic rings. The van der Waals surface area contributed by atoms with Crippen LogP contribution in [0.25, 0.3) is 21.8 Å². The van der Waals surface area contributed by atoms with Gasteiger partial charge in [-0.25, -0.2) is 0 Å². The molecule has 2 aromatic carbocycles. The summed E-state index contributed by atoms with van der Waals surface area (Å²) in [6.45, 7) is 2.11. The van der Waals surface area contributed by atoms with Crippen molar-refractivity contribution < 1.29 is 4.48 Å². The topological polar surface area (TPSA) is 4.93 Å². The molecule has 3 rings (SSSR count). The molecule has 0 bridgehead atoms. The van der Waals surface area contributed by atoms with Gasteiger partial charge in [0.15, 0.2) is 0 Å². The number of likely N-dealkylation sites (N-methyl/N-ethyl adjacent to an activating group) is 1. The van der Waals surface area contributed by atoms with Gasteiger partial charge in [0.05, 0.1) is 27.7 Å². The van der Waals surface area contributed by atoms with Gasteiger partial charge in [-0.2, -0.15) is 0 Å². The fourth-order valence-electron chi connectivity index (χ4n) is 2.96. The van der Waals surface area contributed by atoms with Crippen LogP contribution in [0, 0.1) is 0 Å². The van der Waals surface area contributed by atoms with Crippen LogP contribution in [0.2, 0.25) is 0 Å². The highest BCUT2D eigenvalue weighted by molar-refractivity contribution is 6.07. The van der Waals surface area contributed by atoms with Crippen LogP contribution < -0.4 is 0 Å². The van der Waals surface area contributed by atoms with Gasteiger partial charge in [-0.1, -0.05) is 42.5 Å². The lowest BCUT2D eigenvalue weighted by Crippen LogP contribution is -2.34. The SMILES string of the molecule is C[N+](C)(C)C/C=C/CCn1c2ccccc2c2ccccc21. The van der Waals surface area contributed by atoms with Crippen LogP contribution in [-0.4, -0.2) is 36.7 Å². The fourth-order valence-corrected chi connectivity index (χ4v) is 2.96. The van der Waals surface area contributed by atoms with E-state index in [0.29, 0.717) is 0 Å². The molecule has 0 saturated heterocycles. The van der Waals surface area contributed by atoms with Crippen LogP contribution in [0.3, 0.4) is 0 Å². The Kier molecular flexibility index (Phi) is 4.04.